The third-order valence-corrected chi connectivity index (χ3v) is 4.49. The zero-order chi connectivity index (χ0) is 12.6. The summed E-state index contributed by atoms with van der Waals surface area (Å²) in [6.07, 6.45) is 5.43. The van der Waals surface area contributed by atoms with Crippen LogP contribution in [0.1, 0.15) is 56.7 Å². The van der Waals surface area contributed by atoms with E-state index in [-0.39, 0.29) is 5.60 Å². The molecule has 2 unspecified atom stereocenters. The van der Waals surface area contributed by atoms with E-state index in [0.29, 0.717) is 12.0 Å². The molecule has 1 aromatic heterocycles. The maximum atomic E-state index is 5.69. The minimum atomic E-state index is -0.295. The molecule has 18 heavy (non-hydrogen) atoms. The van der Waals surface area contributed by atoms with Gasteiger partial charge in [-0.2, -0.15) is 4.98 Å². The third kappa shape index (κ3) is 1.86. The Hall–Kier alpha value is -0.940. The second-order valence-electron chi connectivity index (χ2n) is 5.50. The molecule has 3 rings (SSSR count). The Balaban J connectivity index is 1.84. The first-order chi connectivity index (χ1) is 8.75. The van der Waals surface area contributed by atoms with Gasteiger partial charge in [-0.15, -0.1) is 0 Å². The van der Waals surface area contributed by atoms with Crippen LogP contribution in [0.15, 0.2) is 4.52 Å². The summed E-state index contributed by atoms with van der Waals surface area (Å²) in [5.74, 6) is 1.86. The first-order valence-corrected chi connectivity index (χ1v) is 6.88. The molecular weight excluding hydrogens is 230 g/mol. The van der Waals surface area contributed by atoms with Gasteiger partial charge < -0.3 is 14.6 Å². The quantitative estimate of drug-likeness (QED) is 0.889. The summed E-state index contributed by atoms with van der Waals surface area (Å²) in [7, 11) is 1.75. The van der Waals surface area contributed by atoms with Gasteiger partial charge in [-0.05, 0) is 45.6 Å². The summed E-state index contributed by atoms with van der Waals surface area (Å²) in [5.41, 5.74) is -0.295. The summed E-state index contributed by atoms with van der Waals surface area (Å²) in [6.45, 7) is 3.20. The minimum absolute atomic E-state index is 0.295. The molecule has 5 nitrogen and oxygen atoms in total. The van der Waals surface area contributed by atoms with Crippen LogP contribution in [0.2, 0.25) is 0 Å². The molecule has 1 saturated carbocycles. The van der Waals surface area contributed by atoms with E-state index in [0.717, 1.165) is 37.5 Å². The van der Waals surface area contributed by atoms with Crippen LogP contribution in [-0.2, 0) is 10.3 Å². The maximum Gasteiger partial charge on any atom is 0.231 e. The highest BCUT2D eigenvalue weighted by molar-refractivity contribution is 5.08. The van der Waals surface area contributed by atoms with Crippen LogP contribution in [0.4, 0.5) is 0 Å². The predicted octanol–water partition coefficient (Wildman–Crippen LogP) is 1.95. The van der Waals surface area contributed by atoms with Gasteiger partial charge in [-0.3, -0.25) is 0 Å². The summed E-state index contributed by atoms with van der Waals surface area (Å²) < 4.78 is 11.2. The number of hydrogen-bond acceptors (Lipinski definition) is 5. The fourth-order valence-electron chi connectivity index (χ4n) is 3.23. The molecule has 1 saturated heterocycles. The van der Waals surface area contributed by atoms with Gasteiger partial charge in [0.1, 0.15) is 5.60 Å². The van der Waals surface area contributed by atoms with E-state index < -0.39 is 0 Å². The molecule has 2 fully saturated rings. The molecule has 1 aliphatic carbocycles. The fourth-order valence-corrected chi connectivity index (χ4v) is 3.23. The lowest BCUT2D eigenvalue weighted by Crippen LogP contribution is -2.26. The van der Waals surface area contributed by atoms with Crippen molar-refractivity contribution in [1.29, 1.82) is 0 Å². The van der Waals surface area contributed by atoms with Gasteiger partial charge in [0.15, 0.2) is 0 Å². The van der Waals surface area contributed by atoms with E-state index in [1.807, 2.05) is 0 Å². The van der Waals surface area contributed by atoms with Gasteiger partial charge in [0, 0.05) is 13.2 Å². The van der Waals surface area contributed by atoms with Crippen molar-refractivity contribution in [3.05, 3.63) is 11.7 Å². The molecule has 0 aromatic carbocycles. The number of hydrogen-bond donors (Lipinski definition) is 1. The van der Waals surface area contributed by atoms with Crippen LogP contribution in [-0.4, -0.2) is 29.8 Å². The fraction of sp³-hybridized carbons (Fsp3) is 0.846. The third-order valence-electron chi connectivity index (χ3n) is 4.49. The van der Waals surface area contributed by atoms with Gasteiger partial charge in [-0.25, -0.2) is 0 Å². The van der Waals surface area contributed by atoms with Crippen LogP contribution < -0.4 is 5.32 Å². The van der Waals surface area contributed by atoms with Crippen molar-refractivity contribution in [2.24, 2.45) is 0 Å². The Morgan fingerprint density at radius 3 is 2.78 bits per heavy atom. The van der Waals surface area contributed by atoms with Crippen molar-refractivity contribution in [3.63, 3.8) is 0 Å². The highest BCUT2D eigenvalue weighted by atomic mass is 16.5. The first-order valence-electron chi connectivity index (χ1n) is 6.88. The van der Waals surface area contributed by atoms with Crippen molar-refractivity contribution in [2.75, 3.05) is 13.7 Å². The first kappa shape index (κ1) is 12.1. The zero-order valence-corrected chi connectivity index (χ0v) is 11.1. The van der Waals surface area contributed by atoms with Gasteiger partial charge in [0.25, 0.3) is 0 Å². The standard InChI is InChI=1S/C13H21N3O2/c1-9-10(5-8-14-9)11-15-12(16-18-11)13(17-2)6-3-4-7-13/h9-10,14H,3-8H2,1-2H3. The average molecular weight is 251 g/mol. The van der Waals surface area contributed by atoms with E-state index in [1.54, 1.807) is 7.11 Å². The highest BCUT2D eigenvalue weighted by Crippen LogP contribution is 2.40. The molecule has 1 aliphatic heterocycles. The molecule has 2 aliphatic rings. The molecule has 2 heterocycles. The maximum absolute atomic E-state index is 5.69. The number of ether oxygens (including phenoxy) is 1. The van der Waals surface area contributed by atoms with Crippen LogP contribution in [0.3, 0.4) is 0 Å². The van der Waals surface area contributed by atoms with Gasteiger partial charge >= 0.3 is 0 Å². The summed E-state index contributed by atoms with van der Waals surface area (Å²) in [4.78, 5) is 4.62. The van der Waals surface area contributed by atoms with E-state index in [1.165, 1.54) is 12.8 Å². The number of aromatic nitrogens is 2. The number of nitrogens with one attached hydrogen (secondary N) is 1. The minimum Gasteiger partial charge on any atom is -0.370 e. The molecule has 0 amide bonds. The second kappa shape index (κ2) is 4.63. The van der Waals surface area contributed by atoms with E-state index in [4.69, 9.17) is 9.26 Å². The molecule has 0 bridgehead atoms. The number of nitrogens with zero attached hydrogens (tertiary/aromatic N) is 2. The SMILES string of the molecule is COC1(c2noc(C3CCNC3C)n2)CCCC1. The molecule has 0 radical (unpaired) electrons. The van der Waals surface area contributed by atoms with Crippen LogP contribution in [0, 0.1) is 0 Å². The molecular formula is C13H21N3O2. The van der Waals surface area contributed by atoms with Crippen molar-refractivity contribution < 1.29 is 9.26 Å². The normalized spacial score (nSPS) is 31.0. The Labute approximate surface area is 107 Å². The monoisotopic (exact) mass is 251 g/mol. The average Bonchev–Trinajstić information content (AvgIpc) is 3.08. The number of methoxy groups -OCH3 is 1. The molecule has 100 valence electrons. The van der Waals surface area contributed by atoms with Crippen LogP contribution in [0.25, 0.3) is 0 Å². The Kier molecular flexibility index (Phi) is 3.11. The largest absolute Gasteiger partial charge is 0.370 e. The van der Waals surface area contributed by atoms with Crippen molar-refractivity contribution >= 4 is 0 Å². The van der Waals surface area contributed by atoms with Crippen molar-refractivity contribution in [1.82, 2.24) is 15.5 Å². The smallest absolute Gasteiger partial charge is 0.231 e. The molecule has 2 atom stereocenters. The Morgan fingerprint density at radius 1 is 1.39 bits per heavy atom. The van der Waals surface area contributed by atoms with Crippen molar-refractivity contribution in [3.8, 4) is 0 Å². The molecule has 1 aromatic rings. The molecule has 0 spiro atoms. The second-order valence-corrected chi connectivity index (χ2v) is 5.50. The van der Waals surface area contributed by atoms with Gasteiger partial charge in [0.2, 0.25) is 11.7 Å². The highest BCUT2D eigenvalue weighted by Gasteiger charge is 2.41. The number of rotatable bonds is 3. The summed E-state index contributed by atoms with van der Waals surface area (Å²) in [6, 6.07) is 0.417. The summed E-state index contributed by atoms with van der Waals surface area (Å²) >= 11 is 0. The van der Waals surface area contributed by atoms with E-state index in [2.05, 4.69) is 22.4 Å². The predicted molar refractivity (Wildman–Crippen MR) is 66.3 cm³/mol. The van der Waals surface area contributed by atoms with E-state index >= 15 is 0 Å². The topological polar surface area (TPSA) is 60.2 Å². The van der Waals surface area contributed by atoms with Crippen LogP contribution in [0.5, 0.6) is 0 Å². The Bertz CT molecular complexity index is 412. The lowest BCUT2D eigenvalue weighted by atomic mass is 10.0. The zero-order valence-electron chi connectivity index (χ0n) is 11.1. The summed E-state index contributed by atoms with van der Waals surface area (Å²) in [5, 5.41) is 7.59. The Morgan fingerprint density at radius 2 is 2.17 bits per heavy atom. The van der Waals surface area contributed by atoms with Crippen LogP contribution >= 0.6 is 0 Å². The molecule has 1 N–H and O–H groups in total. The molecule has 5 heteroatoms. The lowest BCUT2D eigenvalue weighted by Gasteiger charge is -2.22. The van der Waals surface area contributed by atoms with Gasteiger partial charge in [0.05, 0.1) is 5.92 Å². The van der Waals surface area contributed by atoms with Gasteiger partial charge in [-0.1, -0.05) is 5.16 Å². The van der Waals surface area contributed by atoms with E-state index in [9.17, 15) is 0 Å². The lowest BCUT2D eigenvalue weighted by molar-refractivity contribution is -0.0178. The van der Waals surface area contributed by atoms with Crippen molar-refractivity contribution in [2.45, 2.75) is 56.6 Å².